The standard InChI is InChI=1S/C23H23F3O10S/c1-13-9-17(16-6-5-15(14(2)27)10-18(16)21(28)31-4)19(22(29)33-12-32-8-7-30-3)11-20(13)34-37-36-35-23(24,25)26/h5-6,9-11H,7-8,12H2,1-4H3. The highest BCUT2D eigenvalue weighted by molar-refractivity contribution is 7.90. The molecule has 0 aromatic heterocycles. The van der Waals surface area contributed by atoms with E-state index in [0.717, 1.165) is 7.11 Å². The van der Waals surface area contributed by atoms with Crippen molar-refractivity contribution in [3.63, 3.8) is 0 Å². The van der Waals surface area contributed by atoms with Gasteiger partial charge in [0.1, 0.15) is 5.75 Å². The Hall–Kier alpha value is -3.17. The summed E-state index contributed by atoms with van der Waals surface area (Å²) in [7, 11) is 2.62. The van der Waals surface area contributed by atoms with E-state index in [9.17, 15) is 27.6 Å². The molecule has 0 aliphatic rings. The second-order valence-corrected chi connectivity index (χ2v) is 7.61. The molecule has 0 atom stereocenters. The van der Waals surface area contributed by atoms with Crippen LogP contribution in [0.1, 0.15) is 43.6 Å². The van der Waals surface area contributed by atoms with Crippen molar-refractivity contribution in [3.8, 4) is 16.9 Å². The summed E-state index contributed by atoms with van der Waals surface area (Å²) in [5.74, 6) is -2.04. The summed E-state index contributed by atoms with van der Waals surface area (Å²) in [6, 6.07) is 6.87. The Bertz CT molecular complexity index is 1120. The maximum atomic E-state index is 13.0. The molecule has 0 unspecified atom stereocenters. The van der Waals surface area contributed by atoms with Crippen molar-refractivity contribution >= 4 is 30.0 Å². The lowest BCUT2D eigenvalue weighted by molar-refractivity contribution is -0.441. The molecule has 0 N–H and O–H groups in total. The molecule has 0 aliphatic heterocycles. The second kappa shape index (κ2) is 13.9. The Morgan fingerprint density at radius 1 is 0.946 bits per heavy atom. The third-order valence-electron chi connectivity index (χ3n) is 4.64. The average molecular weight is 548 g/mol. The Morgan fingerprint density at radius 3 is 2.27 bits per heavy atom. The number of rotatable bonds is 13. The zero-order valence-corrected chi connectivity index (χ0v) is 20.9. The van der Waals surface area contributed by atoms with Gasteiger partial charge in [0, 0.05) is 12.7 Å². The number of alkyl halides is 3. The summed E-state index contributed by atoms with van der Waals surface area (Å²) in [5, 5.41) is 0. The van der Waals surface area contributed by atoms with Crippen LogP contribution in [0, 0.1) is 6.92 Å². The van der Waals surface area contributed by atoms with Gasteiger partial charge in [-0.1, -0.05) is 12.1 Å². The highest BCUT2D eigenvalue weighted by atomic mass is 32.2. The zero-order chi connectivity index (χ0) is 27.6. The number of benzene rings is 2. The number of ketones is 1. The molecule has 202 valence electrons. The van der Waals surface area contributed by atoms with E-state index in [4.69, 9.17) is 23.1 Å². The lowest BCUT2D eigenvalue weighted by Crippen LogP contribution is -2.14. The van der Waals surface area contributed by atoms with E-state index < -0.39 is 25.1 Å². The number of carbonyl (C=O) groups is 3. The number of methoxy groups -OCH3 is 2. The first-order chi connectivity index (χ1) is 17.5. The summed E-state index contributed by atoms with van der Waals surface area (Å²) in [6.07, 6.45) is -5.05. The molecular formula is C23H23F3O10S. The molecule has 0 radical (unpaired) electrons. The van der Waals surface area contributed by atoms with Crippen LogP contribution in [0.15, 0.2) is 30.3 Å². The monoisotopic (exact) mass is 548 g/mol. The van der Waals surface area contributed by atoms with Gasteiger partial charge < -0.3 is 23.1 Å². The number of ether oxygens (including phenoxy) is 4. The molecule has 0 saturated carbocycles. The van der Waals surface area contributed by atoms with Crippen molar-refractivity contribution in [2.45, 2.75) is 20.2 Å². The van der Waals surface area contributed by atoms with Gasteiger partial charge in [-0.2, -0.15) is 0 Å². The molecular weight excluding hydrogens is 525 g/mol. The van der Waals surface area contributed by atoms with E-state index in [1.54, 1.807) is 0 Å². The van der Waals surface area contributed by atoms with E-state index in [0.29, 0.717) is 5.56 Å². The van der Waals surface area contributed by atoms with Crippen molar-refractivity contribution in [2.24, 2.45) is 0 Å². The van der Waals surface area contributed by atoms with Gasteiger partial charge in [0.2, 0.25) is 0 Å². The fourth-order valence-corrected chi connectivity index (χ4v) is 3.31. The summed E-state index contributed by atoms with van der Waals surface area (Å²) in [6.45, 7) is 2.82. The van der Waals surface area contributed by atoms with Crippen LogP contribution in [-0.4, -0.2) is 58.3 Å². The van der Waals surface area contributed by atoms with Gasteiger partial charge in [0.05, 0.1) is 31.5 Å². The Morgan fingerprint density at radius 2 is 1.65 bits per heavy atom. The summed E-state index contributed by atoms with van der Waals surface area (Å²) in [5.41, 5.74) is 0.855. The van der Waals surface area contributed by atoms with Crippen molar-refractivity contribution in [1.82, 2.24) is 0 Å². The van der Waals surface area contributed by atoms with E-state index >= 15 is 0 Å². The van der Waals surface area contributed by atoms with Gasteiger partial charge in [-0.05, 0) is 48.7 Å². The van der Waals surface area contributed by atoms with Crippen molar-refractivity contribution in [1.29, 1.82) is 0 Å². The fourth-order valence-electron chi connectivity index (χ4n) is 2.92. The van der Waals surface area contributed by atoms with Crippen molar-refractivity contribution in [2.75, 3.05) is 34.2 Å². The molecule has 2 aromatic carbocycles. The number of hydrogen-bond acceptors (Lipinski definition) is 11. The number of Topliss-reactive ketones (excluding diaryl/α,β-unsaturated/α-hetero) is 1. The van der Waals surface area contributed by atoms with Gasteiger partial charge in [-0.15, -0.1) is 22.4 Å². The highest BCUT2D eigenvalue weighted by Crippen LogP contribution is 2.35. The van der Waals surface area contributed by atoms with Crippen LogP contribution in [0.25, 0.3) is 11.1 Å². The van der Waals surface area contributed by atoms with Gasteiger partial charge in [-0.3, -0.25) is 4.79 Å². The topological polar surface area (TPSA) is 116 Å². The first kappa shape index (κ1) is 30.1. The summed E-state index contributed by atoms with van der Waals surface area (Å²) in [4.78, 5) is 40.5. The molecule has 0 amide bonds. The molecule has 0 saturated heterocycles. The first-order valence-electron chi connectivity index (χ1n) is 10.4. The average Bonchev–Trinajstić information content (AvgIpc) is 2.85. The largest absolute Gasteiger partial charge is 0.550 e. The third-order valence-corrected chi connectivity index (χ3v) is 5.01. The smallest absolute Gasteiger partial charge is 0.465 e. The Kier molecular flexibility index (Phi) is 11.3. The molecule has 0 fully saturated rings. The number of halogens is 3. The van der Waals surface area contributed by atoms with E-state index in [2.05, 4.69) is 9.22 Å². The Balaban J connectivity index is 2.50. The number of esters is 2. The van der Waals surface area contributed by atoms with Gasteiger partial charge in [0.25, 0.3) is 12.3 Å². The number of aryl methyl sites for hydroxylation is 1. The van der Waals surface area contributed by atoms with Crippen LogP contribution < -0.4 is 4.18 Å². The Labute approximate surface area is 214 Å². The van der Waals surface area contributed by atoms with Gasteiger partial charge in [-0.25, -0.2) is 9.59 Å². The lowest BCUT2D eigenvalue weighted by atomic mass is 9.91. The minimum atomic E-state index is -5.05. The van der Waals surface area contributed by atoms with Crippen LogP contribution >= 0.6 is 12.3 Å². The molecule has 0 heterocycles. The molecule has 2 rings (SSSR count). The number of carbonyl (C=O) groups excluding carboxylic acids is 3. The molecule has 10 nitrogen and oxygen atoms in total. The molecule has 0 bridgehead atoms. The molecule has 14 heteroatoms. The molecule has 2 aromatic rings. The normalized spacial score (nSPS) is 11.2. The van der Waals surface area contributed by atoms with Crippen molar-refractivity contribution in [3.05, 3.63) is 52.6 Å². The van der Waals surface area contributed by atoms with Crippen LogP contribution in [0.3, 0.4) is 0 Å². The van der Waals surface area contributed by atoms with Crippen LogP contribution in [-0.2, 0) is 28.2 Å². The van der Waals surface area contributed by atoms with Crippen LogP contribution in [0.5, 0.6) is 5.75 Å². The summed E-state index contributed by atoms with van der Waals surface area (Å²) >= 11 is -0.131. The van der Waals surface area contributed by atoms with E-state index in [1.807, 2.05) is 0 Å². The first-order valence-corrected chi connectivity index (χ1v) is 11.0. The zero-order valence-electron chi connectivity index (χ0n) is 20.1. The van der Waals surface area contributed by atoms with Gasteiger partial charge in [0.15, 0.2) is 12.6 Å². The van der Waals surface area contributed by atoms with E-state index in [-0.39, 0.29) is 64.9 Å². The van der Waals surface area contributed by atoms with Crippen LogP contribution in [0.2, 0.25) is 0 Å². The SMILES string of the molecule is COCCOCOC(=O)c1cc(OSOOC(F)(F)F)c(C)cc1-c1ccc(C(C)=O)cc1C(=O)OC. The molecule has 0 spiro atoms. The lowest BCUT2D eigenvalue weighted by Gasteiger charge is -2.16. The second-order valence-electron chi connectivity index (χ2n) is 7.17. The summed E-state index contributed by atoms with van der Waals surface area (Å²) < 4.78 is 65.3. The third kappa shape index (κ3) is 9.02. The minimum absolute atomic E-state index is 0.00931. The predicted octanol–water partition coefficient (Wildman–Crippen LogP) is 4.84. The number of hydrogen-bond donors (Lipinski definition) is 0. The molecule has 37 heavy (non-hydrogen) atoms. The van der Waals surface area contributed by atoms with Gasteiger partial charge >= 0.3 is 18.3 Å². The highest BCUT2D eigenvalue weighted by Gasteiger charge is 2.32. The minimum Gasteiger partial charge on any atom is -0.465 e. The van der Waals surface area contributed by atoms with Crippen LogP contribution in [0.4, 0.5) is 13.2 Å². The quantitative estimate of drug-likeness (QED) is 0.0651. The predicted molar refractivity (Wildman–Crippen MR) is 123 cm³/mol. The maximum absolute atomic E-state index is 13.0. The van der Waals surface area contributed by atoms with E-state index in [1.165, 1.54) is 51.3 Å². The van der Waals surface area contributed by atoms with Crippen molar-refractivity contribution < 1.29 is 59.9 Å². The molecule has 0 aliphatic carbocycles. The maximum Gasteiger partial charge on any atom is 0.550 e. The fraction of sp³-hybridized carbons (Fsp3) is 0.348.